The first-order valence-corrected chi connectivity index (χ1v) is 8.41. The molecule has 1 aromatic carbocycles. The molecule has 1 fully saturated rings. The van der Waals surface area contributed by atoms with Crippen LogP contribution in [0.25, 0.3) is 0 Å². The van der Waals surface area contributed by atoms with E-state index in [0.717, 1.165) is 12.7 Å². The zero-order chi connectivity index (χ0) is 18.7. The Morgan fingerprint density at radius 1 is 1.24 bits per heavy atom. The van der Waals surface area contributed by atoms with E-state index in [1.165, 1.54) is 0 Å². The van der Waals surface area contributed by atoms with Crippen LogP contribution in [0.3, 0.4) is 0 Å². The van der Waals surface area contributed by atoms with Crippen molar-refractivity contribution in [1.29, 1.82) is 0 Å². The zero-order valence-electron chi connectivity index (χ0n) is 12.9. The maximum absolute atomic E-state index is 12.5. The lowest BCUT2D eigenvalue weighted by Gasteiger charge is -2.41. The van der Waals surface area contributed by atoms with E-state index in [4.69, 9.17) is 9.47 Å². The van der Waals surface area contributed by atoms with Crippen LogP contribution in [0.5, 0.6) is 0 Å². The van der Waals surface area contributed by atoms with Gasteiger partial charge in [-0.05, 0) is 5.56 Å². The number of benzene rings is 1. The van der Waals surface area contributed by atoms with Crippen LogP contribution in [0.1, 0.15) is 5.56 Å². The van der Waals surface area contributed by atoms with Gasteiger partial charge in [-0.1, -0.05) is 30.3 Å². The minimum absolute atomic E-state index is 0.127. The third-order valence-corrected chi connectivity index (χ3v) is 4.38. The van der Waals surface area contributed by atoms with Gasteiger partial charge in [0.2, 0.25) is 0 Å². The second-order valence-electron chi connectivity index (χ2n) is 5.08. The summed E-state index contributed by atoms with van der Waals surface area (Å²) in [4.78, 5) is 11.4. The Kier molecular flexibility index (Phi) is 6.03. The fourth-order valence-electron chi connectivity index (χ4n) is 2.07. The Bertz CT molecular complexity index is 690. The number of ether oxygens (including phenoxy) is 3. The number of carbonyl (C=O) groups excluding carboxylic acids is 1. The highest BCUT2D eigenvalue weighted by molar-refractivity contribution is 7.87. The number of methoxy groups -OCH3 is 1. The molecule has 0 radical (unpaired) electrons. The third-order valence-electron chi connectivity index (χ3n) is 3.33. The van der Waals surface area contributed by atoms with E-state index < -0.39 is 39.9 Å². The van der Waals surface area contributed by atoms with Crippen molar-refractivity contribution in [2.75, 3.05) is 13.7 Å². The summed E-state index contributed by atoms with van der Waals surface area (Å²) >= 11 is 0. The first-order chi connectivity index (χ1) is 11.7. The summed E-state index contributed by atoms with van der Waals surface area (Å²) < 4.78 is 78.5. The monoisotopic (exact) mass is 384 g/mol. The average molecular weight is 384 g/mol. The molecular formula is C14H15F3O7S. The van der Waals surface area contributed by atoms with Gasteiger partial charge in [0.25, 0.3) is 0 Å². The number of hydrogen-bond donors (Lipinski definition) is 0. The van der Waals surface area contributed by atoms with Gasteiger partial charge >= 0.3 is 21.6 Å². The molecule has 1 heterocycles. The zero-order valence-corrected chi connectivity index (χ0v) is 13.7. The molecule has 7 nitrogen and oxygen atoms in total. The highest BCUT2D eigenvalue weighted by Crippen LogP contribution is 2.33. The van der Waals surface area contributed by atoms with Crippen LogP contribution in [-0.2, 0) is 39.9 Å². The number of carbonyl (C=O) groups is 1. The van der Waals surface area contributed by atoms with Crippen molar-refractivity contribution in [2.24, 2.45) is 0 Å². The molecular weight excluding hydrogens is 369 g/mol. The molecule has 2 rings (SSSR count). The maximum Gasteiger partial charge on any atom is 0.523 e. The van der Waals surface area contributed by atoms with E-state index in [0.29, 0.717) is 0 Å². The summed E-state index contributed by atoms with van der Waals surface area (Å²) in [6, 6.07) is 8.87. The second kappa shape index (κ2) is 7.68. The Morgan fingerprint density at radius 3 is 2.44 bits per heavy atom. The molecule has 0 amide bonds. The average Bonchev–Trinajstić information content (AvgIpc) is 2.54. The Hall–Kier alpha value is -1.69. The van der Waals surface area contributed by atoms with E-state index in [1.807, 2.05) is 0 Å². The van der Waals surface area contributed by atoms with Crippen molar-refractivity contribution < 1.29 is 44.8 Å². The fraction of sp³-hybridized carbons (Fsp3) is 0.500. The van der Waals surface area contributed by atoms with Crippen LogP contribution in [-0.4, -0.2) is 51.9 Å². The highest BCUT2D eigenvalue weighted by Gasteiger charge is 2.56. The summed E-state index contributed by atoms with van der Waals surface area (Å²) in [7, 11) is -4.90. The predicted molar refractivity (Wildman–Crippen MR) is 76.6 cm³/mol. The number of alkyl halides is 3. The van der Waals surface area contributed by atoms with E-state index in [1.54, 1.807) is 30.3 Å². The quantitative estimate of drug-likeness (QED) is 0.399. The molecule has 0 aromatic heterocycles. The van der Waals surface area contributed by atoms with Crippen LogP contribution in [0.15, 0.2) is 30.3 Å². The lowest BCUT2D eigenvalue weighted by molar-refractivity contribution is -0.237. The van der Waals surface area contributed by atoms with Crippen LogP contribution in [0.4, 0.5) is 13.2 Å². The van der Waals surface area contributed by atoms with Crippen molar-refractivity contribution in [3.63, 3.8) is 0 Å². The summed E-state index contributed by atoms with van der Waals surface area (Å²) in [5, 5.41) is 0. The number of rotatable bonds is 7. The lowest BCUT2D eigenvalue weighted by atomic mass is 10.0. The van der Waals surface area contributed by atoms with Crippen LogP contribution in [0.2, 0.25) is 0 Å². The lowest BCUT2D eigenvalue weighted by Crippen LogP contribution is -2.61. The Labute approximate surface area is 141 Å². The maximum atomic E-state index is 12.5. The van der Waals surface area contributed by atoms with Crippen LogP contribution >= 0.6 is 0 Å². The van der Waals surface area contributed by atoms with Gasteiger partial charge in [0.05, 0.1) is 20.3 Å². The molecule has 0 bridgehead atoms. The summed E-state index contributed by atoms with van der Waals surface area (Å²) in [6.07, 6.45) is -4.42. The standard InChI is InChI=1S/C14H15F3O7S/c1-21-13(18)12-11(24-25(19,20)14(15,16)17)10(23-12)8-22-7-9-5-3-2-4-6-9/h2-6,10-12H,7-8H2,1H3/t10-,11-,12-/m0/s1. The number of halogens is 3. The largest absolute Gasteiger partial charge is 0.523 e. The van der Waals surface area contributed by atoms with Crippen molar-refractivity contribution in [3.05, 3.63) is 35.9 Å². The molecule has 1 aliphatic rings. The minimum Gasteiger partial charge on any atom is -0.467 e. The summed E-state index contributed by atoms with van der Waals surface area (Å²) in [5.74, 6) is -1.04. The van der Waals surface area contributed by atoms with E-state index in [9.17, 15) is 26.4 Å². The molecule has 3 atom stereocenters. The van der Waals surface area contributed by atoms with Crippen molar-refractivity contribution in [1.82, 2.24) is 0 Å². The van der Waals surface area contributed by atoms with Gasteiger partial charge in [0, 0.05) is 0 Å². The minimum atomic E-state index is -5.89. The van der Waals surface area contributed by atoms with Gasteiger partial charge in [0.1, 0.15) is 12.2 Å². The Morgan fingerprint density at radius 2 is 1.88 bits per heavy atom. The van der Waals surface area contributed by atoms with E-state index >= 15 is 0 Å². The molecule has 140 valence electrons. The first kappa shape index (κ1) is 19.6. The molecule has 0 aliphatic carbocycles. The molecule has 1 saturated heterocycles. The van der Waals surface area contributed by atoms with Crippen LogP contribution < -0.4 is 0 Å². The van der Waals surface area contributed by atoms with Gasteiger partial charge in [-0.3, -0.25) is 4.18 Å². The Balaban J connectivity index is 1.98. The molecule has 0 N–H and O–H groups in total. The van der Waals surface area contributed by atoms with Gasteiger partial charge < -0.3 is 14.2 Å². The fourth-order valence-corrected chi connectivity index (χ4v) is 2.70. The van der Waals surface area contributed by atoms with Crippen molar-refractivity contribution in [2.45, 2.75) is 30.4 Å². The van der Waals surface area contributed by atoms with Crippen LogP contribution in [0, 0.1) is 0 Å². The first-order valence-electron chi connectivity index (χ1n) is 7.00. The molecule has 0 saturated carbocycles. The SMILES string of the molecule is COC(=O)[C@H]1O[C@@H](COCc2ccccc2)[C@@H]1OS(=O)(=O)C(F)(F)F. The predicted octanol–water partition coefficient (Wildman–Crippen LogP) is 1.38. The number of hydrogen-bond acceptors (Lipinski definition) is 7. The normalized spacial score (nSPS) is 23.8. The highest BCUT2D eigenvalue weighted by atomic mass is 32.2. The smallest absolute Gasteiger partial charge is 0.467 e. The van der Waals surface area contributed by atoms with Gasteiger partial charge in [-0.25, -0.2) is 4.79 Å². The molecule has 0 spiro atoms. The van der Waals surface area contributed by atoms with E-state index in [2.05, 4.69) is 8.92 Å². The topological polar surface area (TPSA) is 88.1 Å². The second-order valence-corrected chi connectivity index (χ2v) is 6.64. The third kappa shape index (κ3) is 4.69. The molecule has 1 aliphatic heterocycles. The molecule has 0 unspecified atom stereocenters. The molecule has 1 aromatic rings. The number of esters is 1. The van der Waals surface area contributed by atoms with Crippen molar-refractivity contribution in [3.8, 4) is 0 Å². The summed E-state index contributed by atoms with van der Waals surface area (Å²) in [5.41, 5.74) is -4.81. The summed E-state index contributed by atoms with van der Waals surface area (Å²) in [6.45, 7) is -0.136. The van der Waals surface area contributed by atoms with Gasteiger partial charge in [-0.2, -0.15) is 21.6 Å². The van der Waals surface area contributed by atoms with Crippen molar-refractivity contribution >= 4 is 16.1 Å². The van der Waals surface area contributed by atoms with E-state index in [-0.39, 0.29) is 13.2 Å². The molecule has 25 heavy (non-hydrogen) atoms. The molecule has 11 heteroatoms. The van der Waals surface area contributed by atoms with Gasteiger partial charge in [0.15, 0.2) is 6.10 Å². The van der Waals surface area contributed by atoms with Gasteiger partial charge in [-0.15, -0.1) is 0 Å².